The summed E-state index contributed by atoms with van der Waals surface area (Å²) in [6.45, 7) is -0.860. The summed E-state index contributed by atoms with van der Waals surface area (Å²) in [7, 11) is 0. The van der Waals surface area contributed by atoms with Gasteiger partial charge in [-0.25, -0.2) is 10.1 Å². The zero-order chi connectivity index (χ0) is 13.5. The Balaban J connectivity index is 2.93. The van der Waals surface area contributed by atoms with Crippen LogP contribution in [0, 0.1) is 0 Å². The summed E-state index contributed by atoms with van der Waals surface area (Å²) >= 11 is 5.62. The SMILES string of the molecule is O=C1CN(O)C(C(F)(F)F)=c2cc(Cl)ccc2=N1. The van der Waals surface area contributed by atoms with Crippen LogP contribution < -0.4 is 10.6 Å². The van der Waals surface area contributed by atoms with Gasteiger partial charge >= 0.3 is 6.18 Å². The number of carbonyl (C=O) groups excluding carboxylic acids is 1. The van der Waals surface area contributed by atoms with Gasteiger partial charge in [0.25, 0.3) is 5.91 Å². The normalized spacial score (nSPS) is 16.2. The Hall–Kier alpha value is -1.60. The largest absolute Gasteiger partial charge is 0.434 e. The van der Waals surface area contributed by atoms with Crippen molar-refractivity contribution in [1.82, 2.24) is 5.06 Å². The number of nitrogens with zero attached hydrogens (tertiary/aromatic N) is 2. The summed E-state index contributed by atoms with van der Waals surface area (Å²) < 4.78 is 38.6. The van der Waals surface area contributed by atoms with Crippen molar-refractivity contribution in [2.24, 2.45) is 4.99 Å². The van der Waals surface area contributed by atoms with Crippen molar-refractivity contribution in [1.29, 1.82) is 0 Å². The average molecular weight is 279 g/mol. The summed E-state index contributed by atoms with van der Waals surface area (Å²) in [4.78, 5) is 14.7. The van der Waals surface area contributed by atoms with Gasteiger partial charge in [-0.3, -0.25) is 10.0 Å². The monoisotopic (exact) mass is 278 g/mol. The number of fused-ring (bicyclic) bond motifs is 1. The molecule has 96 valence electrons. The molecule has 1 heterocycles. The first-order chi connectivity index (χ1) is 8.29. The van der Waals surface area contributed by atoms with Gasteiger partial charge in [0.05, 0.1) is 5.36 Å². The van der Waals surface area contributed by atoms with E-state index in [9.17, 15) is 23.2 Å². The van der Waals surface area contributed by atoms with Gasteiger partial charge in [-0.2, -0.15) is 13.2 Å². The van der Waals surface area contributed by atoms with Gasteiger partial charge in [0.15, 0.2) is 5.70 Å². The van der Waals surface area contributed by atoms with Crippen LogP contribution >= 0.6 is 11.6 Å². The third-order valence-electron chi connectivity index (χ3n) is 2.27. The Morgan fingerprint density at radius 3 is 2.67 bits per heavy atom. The first-order valence-corrected chi connectivity index (χ1v) is 5.12. The molecule has 0 saturated carbocycles. The quantitative estimate of drug-likeness (QED) is 0.766. The van der Waals surface area contributed by atoms with E-state index < -0.39 is 29.5 Å². The van der Waals surface area contributed by atoms with Crippen molar-refractivity contribution in [3.05, 3.63) is 33.8 Å². The number of hydrogen-bond donors (Lipinski definition) is 1. The van der Waals surface area contributed by atoms with Gasteiger partial charge in [0, 0.05) is 10.2 Å². The minimum Gasteiger partial charge on any atom is -0.288 e. The van der Waals surface area contributed by atoms with Crippen LogP contribution in [0.4, 0.5) is 13.2 Å². The van der Waals surface area contributed by atoms with Gasteiger partial charge in [0.2, 0.25) is 0 Å². The molecule has 1 aliphatic heterocycles. The molecule has 0 radical (unpaired) electrons. The average Bonchev–Trinajstić information content (AvgIpc) is 2.31. The highest BCUT2D eigenvalue weighted by molar-refractivity contribution is 6.30. The minimum atomic E-state index is -4.83. The van der Waals surface area contributed by atoms with Gasteiger partial charge in [-0.1, -0.05) is 11.6 Å². The Labute approximate surface area is 104 Å². The molecular weight excluding hydrogens is 273 g/mol. The number of amides is 1. The number of hydrogen-bond acceptors (Lipinski definition) is 3. The summed E-state index contributed by atoms with van der Waals surface area (Å²) in [6.07, 6.45) is -4.83. The predicted molar refractivity (Wildman–Crippen MR) is 55.2 cm³/mol. The van der Waals surface area contributed by atoms with Crippen molar-refractivity contribution >= 4 is 23.2 Å². The van der Waals surface area contributed by atoms with Gasteiger partial charge in [-0.15, -0.1) is 0 Å². The van der Waals surface area contributed by atoms with E-state index in [2.05, 4.69) is 4.99 Å². The van der Waals surface area contributed by atoms with Gasteiger partial charge in [0.1, 0.15) is 6.54 Å². The van der Waals surface area contributed by atoms with Crippen molar-refractivity contribution in [3.8, 4) is 0 Å². The second-order valence-electron chi connectivity index (χ2n) is 3.57. The Morgan fingerprint density at radius 1 is 1.39 bits per heavy atom. The molecule has 0 unspecified atom stereocenters. The third-order valence-corrected chi connectivity index (χ3v) is 2.51. The van der Waals surface area contributed by atoms with Crippen LogP contribution in [0.5, 0.6) is 0 Å². The molecule has 4 nitrogen and oxygen atoms in total. The number of halogens is 4. The van der Waals surface area contributed by atoms with Gasteiger partial charge < -0.3 is 0 Å². The number of hydroxylamine groups is 2. The van der Waals surface area contributed by atoms with Crippen LogP contribution in [-0.2, 0) is 4.79 Å². The topological polar surface area (TPSA) is 52.9 Å². The molecule has 18 heavy (non-hydrogen) atoms. The molecule has 0 spiro atoms. The molecule has 0 atom stereocenters. The van der Waals surface area contributed by atoms with Gasteiger partial charge in [-0.05, 0) is 18.2 Å². The molecule has 1 amide bonds. The zero-order valence-electron chi connectivity index (χ0n) is 8.70. The Kier molecular flexibility index (Phi) is 3.04. The van der Waals surface area contributed by atoms with Crippen LogP contribution in [0.1, 0.15) is 0 Å². The van der Waals surface area contributed by atoms with E-state index in [0.29, 0.717) is 0 Å². The summed E-state index contributed by atoms with van der Waals surface area (Å²) in [5.41, 5.74) is -1.35. The van der Waals surface area contributed by atoms with Crippen LogP contribution in [-0.4, -0.2) is 28.9 Å². The molecule has 0 fully saturated rings. The second-order valence-corrected chi connectivity index (χ2v) is 4.01. The minimum absolute atomic E-state index is 0.0495. The molecule has 0 bridgehead atoms. The van der Waals surface area contributed by atoms with Crippen molar-refractivity contribution in [3.63, 3.8) is 0 Å². The van der Waals surface area contributed by atoms with E-state index in [1.807, 2.05) is 0 Å². The summed E-state index contributed by atoms with van der Waals surface area (Å²) in [5.74, 6) is -0.875. The maximum absolute atomic E-state index is 12.9. The lowest BCUT2D eigenvalue weighted by atomic mass is 10.2. The summed E-state index contributed by atoms with van der Waals surface area (Å²) in [5, 5.41) is 8.64. The molecule has 1 aromatic rings. The number of rotatable bonds is 0. The lowest BCUT2D eigenvalue weighted by Crippen LogP contribution is -2.38. The zero-order valence-corrected chi connectivity index (χ0v) is 9.46. The smallest absolute Gasteiger partial charge is 0.288 e. The van der Waals surface area contributed by atoms with E-state index in [1.165, 1.54) is 12.1 Å². The van der Waals surface area contributed by atoms with Crippen LogP contribution in [0.3, 0.4) is 0 Å². The fourth-order valence-corrected chi connectivity index (χ4v) is 1.78. The van der Waals surface area contributed by atoms with E-state index >= 15 is 0 Å². The second kappa shape index (κ2) is 4.25. The van der Waals surface area contributed by atoms with Crippen molar-refractivity contribution in [2.45, 2.75) is 6.18 Å². The highest BCUT2D eigenvalue weighted by Crippen LogP contribution is 2.28. The highest BCUT2D eigenvalue weighted by Gasteiger charge is 2.40. The molecule has 0 aromatic heterocycles. The molecule has 0 saturated heterocycles. The van der Waals surface area contributed by atoms with Crippen molar-refractivity contribution < 1.29 is 23.2 Å². The lowest BCUT2D eigenvalue weighted by molar-refractivity contribution is -0.139. The predicted octanol–water partition coefficient (Wildman–Crippen LogP) is 0.862. The number of carbonyl (C=O) groups is 1. The van der Waals surface area contributed by atoms with E-state index in [4.69, 9.17) is 11.6 Å². The van der Waals surface area contributed by atoms with E-state index in [0.717, 1.165) is 6.07 Å². The first-order valence-electron chi connectivity index (χ1n) is 4.74. The maximum atomic E-state index is 12.9. The highest BCUT2D eigenvalue weighted by atomic mass is 35.5. The fraction of sp³-hybridized carbons (Fsp3) is 0.200. The maximum Gasteiger partial charge on any atom is 0.434 e. The van der Waals surface area contributed by atoms with E-state index in [1.54, 1.807) is 0 Å². The summed E-state index contributed by atoms with van der Waals surface area (Å²) in [6, 6.07) is 3.52. The first kappa shape index (κ1) is 12.8. The molecule has 2 rings (SSSR count). The molecule has 1 N–H and O–H groups in total. The molecule has 0 aliphatic carbocycles. The fourth-order valence-electron chi connectivity index (χ4n) is 1.61. The molecule has 1 aromatic carbocycles. The third kappa shape index (κ3) is 2.32. The molecule has 1 aliphatic rings. The number of benzene rings is 1. The number of alkyl halides is 3. The molecule has 8 heteroatoms. The van der Waals surface area contributed by atoms with Crippen LogP contribution in [0.15, 0.2) is 23.2 Å². The van der Waals surface area contributed by atoms with Crippen LogP contribution in [0.2, 0.25) is 5.02 Å². The Bertz CT molecular complexity index is 627. The van der Waals surface area contributed by atoms with E-state index in [-0.39, 0.29) is 15.4 Å². The van der Waals surface area contributed by atoms with Crippen molar-refractivity contribution in [2.75, 3.05) is 6.54 Å². The molecular formula is C10H6ClF3N2O2. The standard InChI is InChI=1S/C10H6ClF3N2O2/c11-5-1-2-7-6(3-5)9(10(12,13)14)16(18)4-8(17)15-7/h1-3,18H,4H2. The van der Waals surface area contributed by atoms with Crippen LogP contribution in [0.25, 0.3) is 5.70 Å². The lowest BCUT2D eigenvalue weighted by Gasteiger charge is -2.19. The Morgan fingerprint density at radius 2 is 2.06 bits per heavy atom.